The van der Waals surface area contributed by atoms with Crippen molar-refractivity contribution in [2.24, 2.45) is 0 Å². The van der Waals surface area contributed by atoms with Crippen LogP contribution in [0.1, 0.15) is 36.8 Å². The first-order chi connectivity index (χ1) is 18.3. The number of fused-ring (bicyclic) bond motifs is 1. The van der Waals surface area contributed by atoms with Crippen LogP contribution in [-0.4, -0.2) is 85.8 Å². The van der Waals surface area contributed by atoms with E-state index in [1.165, 1.54) is 21.6 Å². The van der Waals surface area contributed by atoms with Gasteiger partial charge in [0.25, 0.3) is 0 Å². The molecule has 1 aromatic heterocycles. The lowest BCUT2D eigenvalue weighted by atomic mass is 9.90. The van der Waals surface area contributed by atoms with Crippen LogP contribution in [0.4, 0.5) is 17.5 Å². The number of nitrogens with one attached hydrogen (secondary N) is 2. The van der Waals surface area contributed by atoms with Crippen LogP contribution in [0.25, 0.3) is 0 Å². The standard InChI is InChI=1S/C26H36ClN7O3S/c1-37-16-15-33-12-9-19-7-8-21(17-20(19)10-13-33)30-26-29-18-22(27)25(32-26)31-23-5-3-4-6-24(23)34(14-11-28)38(2,35)36/h7-8,17-18,23-24H,3-6,9-10,12-16H2,1-2H3,(H2,29,30,31,32)/t23-,24-/m1/s1. The normalized spacial score (nSPS) is 20.4. The number of methoxy groups -OCH3 is 1. The second-order valence-corrected chi connectivity index (χ2v) is 12.2. The van der Waals surface area contributed by atoms with E-state index in [4.69, 9.17) is 16.3 Å². The average Bonchev–Trinajstić information content (AvgIpc) is 3.10. The van der Waals surface area contributed by atoms with E-state index in [-0.39, 0.29) is 18.6 Å². The first kappa shape index (κ1) is 28.5. The van der Waals surface area contributed by atoms with Crippen LogP contribution < -0.4 is 10.6 Å². The molecule has 1 aromatic carbocycles. The molecule has 1 fully saturated rings. The minimum absolute atomic E-state index is 0.186. The number of aromatic nitrogens is 2. The van der Waals surface area contributed by atoms with Gasteiger partial charge in [-0.15, -0.1) is 0 Å². The van der Waals surface area contributed by atoms with Crippen molar-refractivity contribution in [3.05, 3.63) is 40.5 Å². The molecule has 2 aliphatic rings. The van der Waals surface area contributed by atoms with Crippen molar-refractivity contribution < 1.29 is 13.2 Å². The van der Waals surface area contributed by atoms with Crippen molar-refractivity contribution in [1.82, 2.24) is 19.2 Å². The Balaban J connectivity index is 1.48. The van der Waals surface area contributed by atoms with Gasteiger partial charge in [-0.2, -0.15) is 14.6 Å². The molecule has 1 aliphatic heterocycles. The number of anilines is 3. The molecule has 206 valence electrons. The lowest BCUT2D eigenvalue weighted by Gasteiger charge is -2.38. The SMILES string of the molecule is COCCN1CCc2ccc(Nc3ncc(Cl)c(N[C@@H]4CCCC[C@H]4N(CC#N)S(C)(=O)=O)n3)cc2CC1. The quantitative estimate of drug-likeness (QED) is 0.420. The summed E-state index contributed by atoms with van der Waals surface area (Å²) < 4.78 is 31.3. The van der Waals surface area contributed by atoms with E-state index in [1.54, 1.807) is 7.11 Å². The van der Waals surface area contributed by atoms with Crippen molar-refractivity contribution >= 4 is 39.1 Å². The smallest absolute Gasteiger partial charge is 0.229 e. The molecule has 2 atom stereocenters. The molecule has 0 unspecified atom stereocenters. The van der Waals surface area contributed by atoms with Crippen LogP contribution in [0.5, 0.6) is 0 Å². The van der Waals surface area contributed by atoms with E-state index in [0.717, 1.165) is 70.3 Å². The Morgan fingerprint density at radius 3 is 2.74 bits per heavy atom. The summed E-state index contributed by atoms with van der Waals surface area (Å²) in [6.07, 6.45) is 7.91. The number of ether oxygens (including phenoxy) is 1. The number of nitriles is 1. The highest BCUT2D eigenvalue weighted by Crippen LogP contribution is 2.30. The maximum Gasteiger partial charge on any atom is 0.229 e. The number of nitrogens with zero attached hydrogens (tertiary/aromatic N) is 5. The monoisotopic (exact) mass is 561 g/mol. The first-order valence-electron chi connectivity index (χ1n) is 13.0. The van der Waals surface area contributed by atoms with E-state index < -0.39 is 10.0 Å². The van der Waals surface area contributed by atoms with Crippen molar-refractivity contribution in [1.29, 1.82) is 5.26 Å². The van der Waals surface area contributed by atoms with E-state index in [1.807, 2.05) is 12.1 Å². The molecule has 10 nitrogen and oxygen atoms in total. The van der Waals surface area contributed by atoms with Crippen LogP contribution in [0.3, 0.4) is 0 Å². The summed E-state index contributed by atoms with van der Waals surface area (Å²) in [6, 6.07) is 7.77. The number of sulfonamides is 1. The minimum atomic E-state index is -3.55. The fraction of sp³-hybridized carbons (Fsp3) is 0.577. The molecule has 2 aromatic rings. The third-order valence-corrected chi connectivity index (χ3v) is 8.82. The molecule has 4 rings (SSSR count). The van der Waals surface area contributed by atoms with E-state index in [0.29, 0.717) is 23.2 Å². The molecule has 0 radical (unpaired) electrons. The van der Waals surface area contributed by atoms with Gasteiger partial charge in [0.05, 0.1) is 25.1 Å². The summed E-state index contributed by atoms with van der Waals surface area (Å²) in [4.78, 5) is 11.4. The van der Waals surface area contributed by atoms with Crippen molar-refractivity contribution in [2.45, 2.75) is 50.6 Å². The molecule has 1 saturated carbocycles. The van der Waals surface area contributed by atoms with Crippen molar-refractivity contribution in [3.63, 3.8) is 0 Å². The molecular formula is C26H36ClN7O3S. The van der Waals surface area contributed by atoms with Crippen LogP contribution in [0.15, 0.2) is 24.4 Å². The Labute approximate surface area is 230 Å². The Bertz CT molecular complexity index is 1250. The Kier molecular flexibility index (Phi) is 9.79. The van der Waals surface area contributed by atoms with Gasteiger partial charge in [0, 0.05) is 44.5 Å². The first-order valence-corrected chi connectivity index (χ1v) is 15.2. The zero-order valence-electron chi connectivity index (χ0n) is 22.0. The topological polar surface area (TPSA) is 123 Å². The Morgan fingerprint density at radius 1 is 1.24 bits per heavy atom. The summed E-state index contributed by atoms with van der Waals surface area (Å²) in [7, 11) is -1.81. The molecule has 0 saturated heterocycles. The lowest BCUT2D eigenvalue weighted by Crippen LogP contribution is -2.51. The molecule has 0 amide bonds. The molecular weight excluding hydrogens is 526 g/mol. The zero-order valence-corrected chi connectivity index (χ0v) is 23.6. The maximum absolute atomic E-state index is 12.4. The Morgan fingerprint density at radius 2 is 2.00 bits per heavy atom. The predicted octanol–water partition coefficient (Wildman–Crippen LogP) is 3.43. The van der Waals surface area contributed by atoms with Gasteiger partial charge in [0.1, 0.15) is 11.6 Å². The minimum Gasteiger partial charge on any atom is -0.383 e. The number of hydrogen-bond donors (Lipinski definition) is 2. The zero-order chi connectivity index (χ0) is 27.1. The van der Waals surface area contributed by atoms with Crippen LogP contribution in [0.2, 0.25) is 5.02 Å². The van der Waals surface area contributed by atoms with E-state index in [2.05, 4.69) is 37.6 Å². The highest BCUT2D eigenvalue weighted by atomic mass is 35.5. The third kappa shape index (κ3) is 7.33. The molecule has 0 bridgehead atoms. The highest BCUT2D eigenvalue weighted by Gasteiger charge is 2.35. The number of benzene rings is 1. The van der Waals surface area contributed by atoms with Crippen LogP contribution in [-0.2, 0) is 27.6 Å². The molecule has 2 heterocycles. The van der Waals surface area contributed by atoms with Gasteiger partial charge in [-0.3, -0.25) is 0 Å². The van der Waals surface area contributed by atoms with Crippen LogP contribution in [0, 0.1) is 11.3 Å². The highest BCUT2D eigenvalue weighted by molar-refractivity contribution is 7.88. The van der Waals surface area contributed by atoms with Crippen molar-refractivity contribution in [3.8, 4) is 6.07 Å². The number of halogens is 1. The van der Waals surface area contributed by atoms with Gasteiger partial charge < -0.3 is 20.3 Å². The number of rotatable bonds is 10. The summed E-state index contributed by atoms with van der Waals surface area (Å²) in [5, 5.41) is 16.2. The summed E-state index contributed by atoms with van der Waals surface area (Å²) in [5.74, 6) is 0.839. The van der Waals surface area contributed by atoms with Crippen molar-refractivity contribution in [2.75, 3.05) is 56.8 Å². The lowest BCUT2D eigenvalue weighted by molar-refractivity contribution is 0.150. The van der Waals surface area contributed by atoms with Gasteiger partial charge in [-0.1, -0.05) is 30.5 Å². The van der Waals surface area contributed by atoms with Gasteiger partial charge >= 0.3 is 0 Å². The molecule has 0 spiro atoms. The fourth-order valence-corrected chi connectivity index (χ4v) is 6.48. The molecule has 38 heavy (non-hydrogen) atoms. The van der Waals surface area contributed by atoms with Gasteiger partial charge in [0.2, 0.25) is 16.0 Å². The molecule has 12 heteroatoms. The summed E-state index contributed by atoms with van der Waals surface area (Å²) in [5.41, 5.74) is 3.56. The number of hydrogen-bond acceptors (Lipinski definition) is 9. The van der Waals surface area contributed by atoms with E-state index >= 15 is 0 Å². The van der Waals surface area contributed by atoms with Crippen LogP contribution >= 0.6 is 11.6 Å². The van der Waals surface area contributed by atoms with Gasteiger partial charge in [-0.25, -0.2) is 13.4 Å². The average molecular weight is 562 g/mol. The predicted molar refractivity (Wildman–Crippen MR) is 149 cm³/mol. The largest absolute Gasteiger partial charge is 0.383 e. The fourth-order valence-electron chi connectivity index (χ4n) is 5.30. The maximum atomic E-state index is 12.4. The second-order valence-electron chi connectivity index (χ2n) is 9.90. The van der Waals surface area contributed by atoms with Gasteiger partial charge in [-0.05, 0) is 48.9 Å². The molecule has 1 aliphatic carbocycles. The third-order valence-electron chi connectivity index (χ3n) is 7.29. The summed E-state index contributed by atoms with van der Waals surface area (Å²) in [6.45, 7) is 3.49. The second kappa shape index (κ2) is 13.0. The Hall–Kier alpha value is -2.49. The summed E-state index contributed by atoms with van der Waals surface area (Å²) >= 11 is 6.45. The molecule has 2 N–H and O–H groups in total. The van der Waals surface area contributed by atoms with E-state index in [9.17, 15) is 13.7 Å². The van der Waals surface area contributed by atoms with Gasteiger partial charge in [0.15, 0.2) is 5.82 Å².